The van der Waals surface area contributed by atoms with E-state index in [1.54, 1.807) is 0 Å². The Kier molecular flexibility index (Phi) is 2.80. The van der Waals surface area contributed by atoms with E-state index in [0.29, 0.717) is 0 Å². The Bertz CT molecular complexity index is 787. The van der Waals surface area contributed by atoms with Gasteiger partial charge in [-0.25, -0.2) is 9.48 Å². The van der Waals surface area contributed by atoms with Crippen LogP contribution in [0.25, 0.3) is 0 Å². The van der Waals surface area contributed by atoms with Crippen molar-refractivity contribution in [3.63, 3.8) is 0 Å². The highest BCUT2D eigenvalue weighted by Crippen LogP contribution is 2.32. The van der Waals surface area contributed by atoms with Crippen LogP contribution in [0.1, 0.15) is 22.2 Å². The van der Waals surface area contributed by atoms with E-state index in [-0.39, 0.29) is 23.2 Å². The number of rotatable bonds is 2. The van der Waals surface area contributed by atoms with E-state index in [2.05, 4.69) is 15.4 Å². The first-order valence-corrected chi connectivity index (χ1v) is 6.03. The molecule has 1 atom stereocenters. The summed E-state index contributed by atoms with van der Waals surface area (Å²) in [6, 6.07) is 10.5. The van der Waals surface area contributed by atoms with Crippen LogP contribution in [0.15, 0.2) is 41.7 Å². The van der Waals surface area contributed by atoms with Crippen LogP contribution in [0.2, 0.25) is 0 Å². The van der Waals surface area contributed by atoms with E-state index in [4.69, 9.17) is 10.8 Å². The molecule has 0 bridgehead atoms. The average Bonchev–Trinajstić information content (AvgIpc) is 2.90. The summed E-state index contributed by atoms with van der Waals surface area (Å²) >= 11 is 0. The molecule has 0 saturated carbocycles. The zero-order valence-corrected chi connectivity index (χ0v) is 10.7. The predicted molar refractivity (Wildman–Crippen MR) is 72.0 cm³/mol. The first kappa shape index (κ1) is 12.7. The molecule has 104 valence electrons. The Balaban J connectivity index is 2.21. The summed E-state index contributed by atoms with van der Waals surface area (Å²) in [5, 5.41) is 25.0. The van der Waals surface area contributed by atoms with Crippen molar-refractivity contribution in [2.45, 2.75) is 6.04 Å². The van der Waals surface area contributed by atoms with Crippen molar-refractivity contribution < 1.29 is 9.90 Å². The Labute approximate surface area is 119 Å². The van der Waals surface area contributed by atoms with Crippen LogP contribution in [0.5, 0.6) is 0 Å². The topological polar surface area (TPSA) is 130 Å². The van der Waals surface area contributed by atoms with Gasteiger partial charge in [0.05, 0.1) is 5.57 Å². The molecule has 1 aromatic heterocycles. The number of nitrogens with one attached hydrogen (secondary N) is 1. The van der Waals surface area contributed by atoms with Crippen LogP contribution in [0.3, 0.4) is 0 Å². The lowest BCUT2D eigenvalue weighted by atomic mass is 9.98. The van der Waals surface area contributed by atoms with Crippen molar-refractivity contribution in [3.8, 4) is 6.07 Å². The summed E-state index contributed by atoms with van der Waals surface area (Å²) in [6.45, 7) is 0. The van der Waals surface area contributed by atoms with Crippen LogP contribution in [-0.4, -0.2) is 25.8 Å². The van der Waals surface area contributed by atoms with Crippen molar-refractivity contribution in [1.82, 2.24) is 14.8 Å². The zero-order chi connectivity index (χ0) is 15.0. The first-order chi connectivity index (χ1) is 10.1. The number of hydrogen-bond acceptors (Lipinski definition) is 6. The van der Waals surface area contributed by atoms with Crippen LogP contribution in [-0.2, 0) is 0 Å². The molecular formula is C13H10N6O2. The normalized spacial score (nSPS) is 16.8. The van der Waals surface area contributed by atoms with Crippen molar-refractivity contribution in [1.29, 1.82) is 5.26 Å². The summed E-state index contributed by atoms with van der Waals surface area (Å²) in [4.78, 5) is 14.9. The van der Waals surface area contributed by atoms with Gasteiger partial charge in [-0.15, -0.1) is 5.10 Å². The van der Waals surface area contributed by atoms with Gasteiger partial charge in [-0.2, -0.15) is 10.2 Å². The number of carboxylic acids is 1. The maximum absolute atomic E-state index is 11.0. The molecule has 4 N–H and O–H groups in total. The molecule has 1 aliphatic heterocycles. The molecule has 2 heterocycles. The van der Waals surface area contributed by atoms with Gasteiger partial charge in [-0.3, -0.25) is 0 Å². The van der Waals surface area contributed by atoms with Gasteiger partial charge in [0.2, 0.25) is 5.95 Å². The molecule has 0 fully saturated rings. The molecule has 1 unspecified atom stereocenters. The molecular weight excluding hydrogens is 272 g/mol. The molecule has 1 aliphatic rings. The van der Waals surface area contributed by atoms with Crippen LogP contribution < -0.4 is 11.1 Å². The first-order valence-electron chi connectivity index (χ1n) is 6.03. The number of fused-ring (bicyclic) bond motifs is 1. The lowest BCUT2D eigenvalue weighted by Gasteiger charge is -2.25. The van der Waals surface area contributed by atoms with E-state index in [1.165, 1.54) is 4.68 Å². The molecule has 2 aromatic rings. The van der Waals surface area contributed by atoms with Gasteiger partial charge in [-0.1, -0.05) is 30.3 Å². The van der Waals surface area contributed by atoms with Crippen molar-refractivity contribution >= 4 is 11.9 Å². The molecule has 0 amide bonds. The molecule has 0 saturated heterocycles. The second-order valence-corrected chi connectivity index (χ2v) is 4.39. The third kappa shape index (κ3) is 1.97. The van der Waals surface area contributed by atoms with Crippen molar-refractivity contribution in [2.75, 3.05) is 5.32 Å². The predicted octanol–water partition coefficient (Wildman–Crippen LogP) is 0.685. The summed E-state index contributed by atoms with van der Waals surface area (Å²) in [5.74, 6) is -1.27. The minimum atomic E-state index is -1.25. The van der Waals surface area contributed by atoms with Gasteiger partial charge in [0.1, 0.15) is 17.9 Å². The zero-order valence-electron chi connectivity index (χ0n) is 10.7. The number of allylic oxidation sites excluding steroid dienone is 1. The van der Waals surface area contributed by atoms with Gasteiger partial charge in [0.25, 0.3) is 5.82 Å². The molecule has 21 heavy (non-hydrogen) atoms. The summed E-state index contributed by atoms with van der Waals surface area (Å²) < 4.78 is 1.35. The minimum Gasteiger partial charge on any atom is -0.475 e. The fourth-order valence-electron chi connectivity index (χ4n) is 2.20. The SMILES string of the molecule is N#CC1=C(N)Nc2nc(C(=O)O)nn2C1c1ccccc1. The lowest BCUT2D eigenvalue weighted by molar-refractivity contribution is 0.0683. The lowest BCUT2D eigenvalue weighted by Crippen LogP contribution is -2.28. The number of nitrogens with two attached hydrogens (primary N) is 1. The maximum atomic E-state index is 11.0. The summed E-state index contributed by atoms with van der Waals surface area (Å²) in [6.07, 6.45) is 0. The minimum absolute atomic E-state index is 0.142. The number of nitriles is 1. The highest BCUT2D eigenvalue weighted by Gasteiger charge is 2.31. The second-order valence-electron chi connectivity index (χ2n) is 4.39. The maximum Gasteiger partial charge on any atom is 0.375 e. The monoisotopic (exact) mass is 282 g/mol. The quantitative estimate of drug-likeness (QED) is 0.738. The van der Waals surface area contributed by atoms with Gasteiger partial charge < -0.3 is 16.2 Å². The molecule has 8 nitrogen and oxygen atoms in total. The van der Waals surface area contributed by atoms with E-state index in [1.807, 2.05) is 36.4 Å². The van der Waals surface area contributed by atoms with Crippen molar-refractivity contribution in [3.05, 3.63) is 53.1 Å². The molecule has 1 aromatic carbocycles. The number of nitrogens with zero attached hydrogens (tertiary/aromatic N) is 4. The summed E-state index contributed by atoms with van der Waals surface area (Å²) in [7, 11) is 0. The molecule has 3 rings (SSSR count). The second kappa shape index (κ2) is 4.64. The number of aromatic carboxylic acids is 1. The van der Waals surface area contributed by atoms with Gasteiger partial charge >= 0.3 is 5.97 Å². The third-order valence-electron chi connectivity index (χ3n) is 3.11. The fourth-order valence-corrected chi connectivity index (χ4v) is 2.20. The van der Waals surface area contributed by atoms with Gasteiger partial charge in [-0.05, 0) is 5.56 Å². The largest absolute Gasteiger partial charge is 0.475 e. The molecule has 8 heteroatoms. The number of anilines is 1. The van der Waals surface area contributed by atoms with E-state index in [0.717, 1.165) is 5.56 Å². The Morgan fingerprint density at radius 2 is 2.14 bits per heavy atom. The molecule has 0 aliphatic carbocycles. The fraction of sp³-hybridized carbons (Fsp3) is 0.0769. The Hall–Kier alpha value is -3.34. The Morgan fingerprint density at radius 3 is 2.76 bits per heavy atom. The molecule has 0 radical (unpaired) electrons. The number of hydrogen-bond donors (Lipinski definition) is 3. The number of aromatic nitrogens is 3. The smallest absolute Gasteiger partial charge is 0.375 e. The Morgan fingerprint density at radius 1 is 1.43 bits per heavy atom. The van der Waals surface area contributed by atoms with E-state index >= 15 is 0 Å². The standard InChI is InChI=1S/C13H10N6O2/c14-6-8-9(7-4-2-1-3-5-7)19-13(16-10(8)15)17-11(18-19)12(20)21/h1-5,9H,15H2,(H,20,21)(H,16,17,18). The molecule has 0 spiro atoms. The number of benzene rings is 1. The average molecular weight is 282 g/mol. The number of carboxylic acid groups (broad SMARTS) is 1. The van der Waals surface area contributed by atoms with Crippen LogP contribution in [0.4, 0.5) is 5.95 Å². The van der Waals surface area contributed by atoms with E-state index < -0.39 is 12.0 Å². The highest BCUT2D eigenvalue weighted by molar-refractivity contribution is 5.83. The third-order valence-corrected chi connectivity index (χ3v) is 3.11. The number of carbonyl (C=O) groups is 1. The van der Waals surface area contributed by atoms with Crippen LogP contribution >= 0.6 is 0 Å². The highest BCUT2D eigenvalue weighted by atomic mass is 16.4. The van der Waals surface area contributed by atoms with Gasteiger partial charge in [0.15, 0.2) is 0 Å². The van der Waals surface area contributed by atoms with Crippen molar-refractivity contribution in [2.24, 2.45) is 5.73 Å². The van der Waals surface area contributed by atoms with Gasteiger partial charge in [0, 0.05) is 0 Å². The summed E-state index contributed by atoms with van der Waals surface area (Å²) in [5.41, 5.74) is 6.86. The van der Waals surface area contributed by atoms with Crippen LogP contribution in [0, 0.1) is 11.3 Å². The van der Waals surface area contributed by atoms with E-state index in [9.17, 15) is 10.1 Å².